The summed E-state index contributed by atoms with van der Waals surface area (Å²) in [5.74, 6) is 1.67. The zero-order valence-corrected chi connectivity index (χ0v) is 17.6. The average molecular weight is 446 g/mol. The van der Waals surface area contributed by atoms with Crippen molar-refractivity contribution in [3.8, 4) is 11.5 Å². The molecule has 4 aromatic rings. The topological polar surface area (TPSA) is 103 Å². The Morgan fingerprint density at radius 2 is 1.93 bits per heavy atom. The van der Waals surface area contributed by atoms with Crippen molar-refractivity contribution in [1.29, 1.82) is 0 Å². The predicted molar refractivity (Wildman–Crippen MR) is 110 cm³/mol. The summed E-state index contributed by atoms with van der Waals surface area (Å²) in [4.78, 5) is 4.69. The molecule has 1 fully saturated rings. The molecule has 0 N–H and O–H groups in total. The van der Waals surface area contributed by atoms with Crippen LogP contribution in [0.3, 0.4) is 0 Å². The summed E-state index contributed by atoms with van der Waals surface area (Å²) in [5.41, 5.74) is 1.79. The summed E-state index contributed by atoms with van der Waals surface area (Å²) >= 11 is 1.36. The highest BCUT2D eigenvalue weighted by molar-refractivity contribution is 7.98. The van der Waals surface area contributed by atoms with E-state index in [0.717, 1.165) is 25.0 Å². The number of benzene rings is 1. The van der Waals surface area contributed by atoms with Crippen LogP contribution in [0.5, 0.6) is 0 Å². The van der Waals surface area contributed by atoms with E-state index in [2.05, 4.69) is 10.1 Å². The van der Waals surface area contributed by atoms with E-state index in [1.165, 1.54) is 11.8 Å². The third-order valence-electron chi connectivity index (χ3n) is 4.96. The monoisotopic (exact) mass is 445 g/mol. The largest absolute Gasteiger partial charge is 0.461 e. The minimum atomic E-state index is -3.50. The molecule has 3 aromatic heterocycles. The van der Waals surface area contributed by atoms with Crippen molar-refractivity contribution in [2.45, 2.75) is 35.1 Å². The zero-order chi connectivity index (χ0) is 20.6. The zero-order valence-electron chi connectivity index (χ0n) is 16.0. The van der Waals surface area contributed by atoms with Gasteiger partial charge in [0.2, 0.25) is 15.8 Å². The fourth-order valence-corrected chi connectivity index (χ4v) is 5.67. The fraction of sp³-hybridized carbons (Fsp3) is 0.300. The Kier molecular flexibility index (Phi) is 5.13. The van der Waals surface area contributed by atoms with E-state index in [4.69, 9.17) is 13.4 Å². The van der Waals surface area contributed by atoms with Gasteiger partial charge in [0.15, 0.2) is 11.3 Å². The molecule has 0 amide bonds. The van der Waals surface area contributed by atoms with Crippen molar-refractivity contribution in [3.63, 3.8) is 0 Å². The Balaban J connectivity index is 1.32. The van der Waals surface area contributed by atoms with Crippen LogP contribution in [0.4, 0.5) is 0 Å². The molecule has 0 spiro atoms. The highest BCUT2D eigenvalue weighted by Crippen LogP contribution is 2.30. The van der Waals surface area contributed by atoms with Gasteiger partial charge >= 0.3 is 0 Å². The minimum Gasteiger partial charge on any atom is -0.461 e. The molecular formula is C20H19N3O5S2. The molecule has 8 nitrogen and oxygen atoms in total. The Morgan fingerprint density at radius 1 is 1.07 bits per heavy atom. The second kappa shape index (κ2) is 7.93. The number of oxazole rings is 1. The lowest BCUT2D eigenvalue weighted by Gasteiger charge is -2.25. The molecule has 0 radical (unpaired) electrons. The number of hydrogen-bond donors (Lipinski definition) is 0. The minimum absolute atomic E-state index is 0.251. The van der Waals surface area contributed by atoms with Gasteiger partial charge in [-0.2, -0.15) is 4.31 Å². The number of nitrogens with zero attached hydrogens (tertiary/aromatic N) is 3. The molecule has 30 heavy (non-hydrogen) atoms. The number of thioether (sulfide) groups is 1. The van der Waals surface area contributed by atoms with Crippen molar-refractivity contribution >= 4 is 32.9 Å². The molecule has 5 rings (SSSR count). The Bertz CT molecular complexity index is 1250. The standard InChI is InChI=1S/C20H19N3O5S2/c24-30(25,23-8-2-1-3-9-23)15-6-7-17-16(12-15)21-20(27-17)29-13-14-11-19(28-22-14)18-5-4-10-26-18/h4-7,10-12H,1-3,8-9,13H2. The van der Waals surface area contributed by atoms with Gasteiger partial charge in [-0.25, -0.2) is 13.4 Å². The third-order valence-corrected chi connectivity index (χ3v) is 7.72. The number of sulfonamides is 1. The summed E-state index contributed by atoms with van der Waals surface area (Å²) in [5, 5.41) is 4.47. The number of hydrogen-bond acceptors (Lipinski definition) is 8. The van der Waals surface area contributed by atoms with Gasteiger partial charge in [0, 0.05) is 24.9 Å². The summed E-state index contributed by atoms with van der Waals surface area (Å²) in [6.45, 7) is 1.13. The van der Waals surface area contributed by atoms with Gasteiger partial charge in [0.25, 0.3) is 5.22 Å². The third kappa shape index (κ3) is 3.78. The first-order valence-electron chi connectivity index (χ1n) is 9.63. The average Bonchev–Trinajstić information content (AvgIpc) is 3.52. The molecule has 0 atom stereocenters. The highest BCUT2D eigenvalue weighted by Gasteiger charge is 2.26. The van der Waals surface area contributed by atoms with E-state index in [1.54, 1.807) is 47.0 Å². The number of rotatable bonds is 6. The second-order valence-corrected chi connectivity index (χ2v) is 9.89. The van der Waals surface area contributed by atoms with Gasteiger partial charge in [-0.05, 0) is 43.2 Å². The van der Waals surface area contributed by atoms with Gasteiger partial charge in [0.05, 0.1) is 16.9 Å². The lowest BCUT2D eigenvalue weighted by molar-refractivity contribution is 0.346. The molecule has 1 aliphatic heterocycles. The van der Waals surface area contributed by atoms with E-state index in [0.29, 0.717) is 46.7 Å². The molecule has 156 valence electrons. The molecule has 1 aromatic carbocycles. The summed E-state index contributed by atoms with van der Waals surface area (Å²) in [6.07, 6.45) is 4.44. The van der Waals surface area contributed by atoms with Crippen molar-refractivity contribution in [3.05, 3.63) is 48.4 Å². The van der Waals surface area contributed by atoms with E-state index < -0.39 is 10.0 Å². The molecule has 10 heteroatoms. The Labute approximate surface area is 177 Å². The molecule has 4 heterocycles. The highest BCUT2D eigenvalue weighted by atomic mass is 32.2. The van der Waals surface area contributed by atoms with Gasteiger partial charge < -0.3 is 13.4 Å². The van der Waals surface area contributed by atoms with Crippen molar-refractivity contribution in [1.82, 2.24) is 14.4 Å². The van der Waals surface area contributed by atoms with Crippen LogP contribution in [0, 0.1) is 0 Å². The maximum atomic E-state index is 12.9. The second-order valence-electron chi connectivity index (χ2n) is 7.02. The number of piperidine rings is 1. The van der Waals surface area contributed by atoms with Gasteiger partial charge in [-0.3, -0.25) is 0 Å². The summed E-state index contributed by atoms with van der Waals surface area (Å²) in [7, 11) is -3.50. The van der Waals surface area contributed by atoms with Gasteiger partial charge in [-0.1, -0.05) is 23.3 Å². The summed E-state index contributed by atoms with van der Waals surface area (Å²) in [6, 6.07) is 10.2. The van der Waals surface area contributed by atoms with Crippen LogP contribution in [-0.2, 0) is 15.8 Å². The predicted octanol–water partition coefficient (Wildman–Crippen LogP) is 4.54. The smallest absolute Gasteiger partial charge is 0.257 e. The van der Waals surface area contributed by atoms with E-state index in [9.17, 15) is 8.42 Å². The van der Waals surface area contributed by atoms with Crippen LogP contribution in [0.1, 0.15) is 25.0 Å². The number of furan rings is 1. The quantitative estimate of drug-likeness (QED) is 0.399. The molecule has 1 saturated heterocycles. The van der Waals surface area contributed by atoms with Crippen LogP contribution in [0.2, 0.25) is 0 Å². The molecule has 0 unspecified atom stereocenters. The molecule has 0 bridgehead atoms. The Morgan fingerprint density at radius 3 is 2.73 bits per heavy atom. The lowest BCUT2D eigenvalue weighted by atomic mass is 10.2. The maximum Gasteiger partial charge on any atom is 0.257 e. The van der Waals surface area contributed by atoms with Crippen molar-refractivity contribution < 1.29 is 21.8 Å². The van der Waals surface area contributed by atoms with E-state index >= 15 is 0 Å². The van der Waals surface area contributed by atoms with Crippen molar-refractivity contribution in [2.24, 2.45) is 0 Å². The molecule has 0 aliphatic carbocycles. The number of aromatic nitrogens is 2. The van der Waals surface area contributed by atoms with Crippen LogP contribution < -0.4 is 0 Å². The SMILES string of the molecule is O=S(=O)(c1ccc2oc(SCc3cc(-c4ccco4)on3)nc2c1)N1CCCCC1. The maximum absolute atomic E-state index is 12.9. The molecule has 0 saturated carbocycles. The lowest BCUT2D eigenvalue weighted by Crippen LogP contribution is -2.35. The van der Waals surface area contributed by atoms with E-state index in [1.807, 2.05) is 0 Å². The van der Waals surface area contributed by atoms with Gasteiger partial charge in [0.1, 0.15) is 5.52 Å². The first-order chi connectivity index (χ1) is 14.6. The normalized spacial score (nSPS) is 15.7. The van der Waals surface area contributed by atoms with Gasteiger partial charge in [-0.15, -0.1) is 0 Å². The van der Waals surface area contributed by atoms with Crippen LogP contribution >= 0.6 is 11.8 Å². The molecule has 1 aliphatic rings. The fourth-order valence-electron chi connectivity index (χ4n) is 3.41. The van der Waals surface area contributed by atoms with E-state index in [-0.39, 0.29) is 4.90 Å². The summed E-state index contributed by atoms with van der Waals surface area (Å²) < 4.78 is 43.6. The van der Waals surface area contributed by atoms with Crippen molar-refractivity contribution in [2.75, 3.05) is 13.1 Å². The first kappa shape index (κ1) is 19.4. The van der Waals surface area contributed by atoms with Crippen LogP contribution in [0.25, 0.3) is 22.6 Å². The van der Waals surface area contributed by atoms with Crippen LogP contribution in [0.15, 0.2) is 66.1 Å². The van der Waals surface area contributed by atoms with Crippen LogP contribution in [-0.4, -0.2) is 36.0 Å². The molecular weight excluding hydrogens is 426 g/mol. The Hall–Kier alpha value is -2.56. The first-order valence-corrected chi connectivity index (χ1v) is 12.1. The number of fused-ring (bicyclic) bond motifs is 1.